The van der Waals surface area contributed by atoms with Gasteiger partial charge in [0, 0.05) is 18.0 Å². The van der Waals surface area contributed by atoms with Crippen LogP contribution in [0.1, 0.15) is 61.0 Å². The lowest BCUT2D eigenvalue weighted by molar-refractivity contribution is -0.164. The standard InChI is InChI=1S/C29H32F2N2O4/c1-19-18-20(2)33-28(32-19)37-26(27(34)35)29(22-8-12-24(30)13-9-22,23-10-14-25(31)15-11-23)36-17-16-21-6-4-3-5-7-21/h8-15,18,21,26H,3-7,16-17H2,1-2H3,(H,34,35)/t26-/m0/s1. The second-order valence-electron chi connectivity index (χ2n) is 9.66. The molecule has 2 aromatic carbocycles. The summed E-state index contributed by atoms with van der Waals surface area (Å²) in [5.41, 5.74) is 0.211. The fraction of sp³-hybridized carbons (Fsp3) is 0.414. The maximum atomic E-state index is 14.0. The number of hydrogen-bond acceptors (Lipinski definition) is 5. The molecular formula is C29H32F2N2O4. The summed E-state index contributed by atoms with van der Waals surface area (Å²) in [6, 6.07) is 12.5. The summed E-state index contributed by atoms with van der Waals surface area (Å²) < 4.78 is 40.4. The third kappa shape index (κ3) is 6.31. The molecule has 3 aromatic rings. The van der Waals surface area contributed by atoms with Crippen LogP contribution in [0.4, 0.5) is 8.78 Å². The van der Waals surface area contributed by atoms with Crippen LogP contribution < -0.4 is 4.74 Å². The number of aryl methyl sites for hydroxylation is 2. The number of aliphatic carboxylic acids is 1. The average Bonchev–Trinajstić information content (AvgIpc) is 2.87. The maximum absolute atomic E-state index is 14.0. The smallest absolute Gasteiger partial charge is 0.348 e. The van der Waals surface area contributed by atoms with E-state index >= 15 is 0 Å². The number of nitrogens with zero attached hydrogens (tertiary/aromatic N) is 2. The van der Waals surface area contributed by atoms with E-state index in [-0.39, 0.29) is 12.6 Å². The molecule has 0 spiro atoms. The van der Waals surface area contributed by atoms with Crippen LogP contribution in [0.15, 0.2) is 54.6 Å². The van der Waals surface area contributed by atoms with Crippen LogP contribution >= 0.6 is 0 Å². The Balaban J connectivity index is 1.83. The zero-order chi connectivity index (χ0) is 26.4. The quantitative estimate of drug-likeness (QED) is 0.353. The van der Waals surface area contributed by atoms with Crippen molar-refractivity contribution in [2.45, 2.75) is 64.1 Å². The predicted octanol–water partition coefficient (Wildman–Crippen LogP) is 6.13. The van der Waals surface area contributed by atoms with Gasteiger partial charge in [-0.05, 0) is 67.6 Å². The molecule has 0 saturated heterocycles. The number of ether oxygens (including phenoxy) is 2. The normalized spacial score (nSPS) is 15.4. The monoisotopic (exact) mass is 510 g/mol. The van der Waals surface area contributed by atoms with Gasteiger partial charge in [-0.25, -0.2) is 23.5 Å². The fourth-order valence-corrected chi connectivity index (χ4v) is 5.13. The minimum atomic E-state index is -1.73. The molecule has 196 valence electrons. The fourth-order valence-electron chi connectivity index (χ4n) is 5.13. The van der Waals surface area contributed by atoms with E-state index in [0.29, 0.717) is 28.4 Å². The van der Waals surface area contributed by atoms with E-state index in [4.69, 9.17) is 9.47 Å². The van der Waals surface area contributed by atoms with Gasteiger partial charge in [-0.1, -0.05) is 56.4 Å². The zero-order valence-electron chi connectivity index (χ0n) is 21.1. The lowest BCUT2D eigenvalue weighted by Gasteiger charge is -2.39. The Hall–Kier alpha value is -3.39. The first kappa shape index (κ1) is 26.7. The van der Waals surface area contributed by atoms with E-state index in [1.54, 1.807) is 19.9 Å². The molecule has 1 atom stereocenters. The second kappa shape index (κ2) is 11.8. The van der Waals surface area contributed by atoms with E-state index in [1.807, 2.05) is 0 Å². The lowest BCUT2D eigenvalue weighted by atomic mass is 9.80. The summed E-state index contributed by atoms with van der Waals surface area (Å²) in [6.07, 6.45) is 4.81. The summed E-state index contributed by atoms with van der Waals surface area (Å²) in [5.74, 6) is -1.82. The van der Waals surface area contributed by atoms with Crippen molar-refractivity contribution in [3.05, 3.63) is 88.7 Å². The molecule has 37 heavy (non-hydrogen) atoms. The summed E-state index contributed by atoms with van der Waals surface area (Å²) in [4.78, 5) is 21.4. The highest BCUT2D eigenvalue weighted by Gasteiger charge is 2.50. The number of aromatic nitrogens is 2. The number of carbonyl (C=O) groups is 1. The van der Waals surface area contributed by atoms with Crippen LogP contribution in [-0.4, -0.2) is 33.8 Å². The number of rotatable bonds is 10. The molecule has 0 radical (unpaired) electrons. The van der Waals surface area contributed by atoms with Gasteiger partial charge in [-0.2, -0.15) is 0 Å². The van der Waals surface area contributed by atoms with Gasteiger partial charge >= 0.3 is 12.0 Å². The largest absolute Gasteiger partial charge is 0.478 e. The van der Waals surface area contributed by atoms with Crippen molar-refractivity contribution in [3.8, 4) is 6.01 Å². The van der Waals surface area contributed by atoms with Crippen molar-refractivity contribution in [3.63, 3.8) is 0 Å². The topological polar surface area (TPSA) is 81.5 Å². The lowest BCUT2D eigenvalue weighted by Crippen LogP contribution is -2.51. The third-order valence-corrected chi connectivity index (χ3v) is 6.91. The number of benzene rings is 2. The summed E-state index contributed by atoms with van der Waals surface area (Å²) in [7, 11) is 0. The first-order chi connectivity index (χ1) is 17.8. The van der Waals surface area contributed by atoms with Gasteiger partial charge < -0.3 is 14.6 Å². The van der Waals surface area contributed by atoms with Crippen LogP contribution in [-0.2, 0) is 15.1 Å². The van der Waals surface area contributed by atoms with Crippen LogP contribution in [0, 0.1) is 31.4 Å². The molecule has 1 saturated carbocycles. The first-order valence-electron chi connectivity index (χ1n) is 12.7. The number of carboxylic acid groups (broad SMARTS) is 1. The number of hydrogen-bond donors (Lipinski definition) is 1. The Labute approximate surface area is 215 Å². The van der Waals surface area contributed by atoms with E-state index in [1.165, 1.54) is 55.0 Å². The van der Waals surface area contributed by atoms with Crippen LogP contribution in [0.5, 0.6) is 6.01 Å². The molecule has 1 aliphatic rings. The van der Waals surface area contributed by atoms with E-state index in [0.717, 1.165) is 32.1 Å². The minimum absolute atomic E-state index is 0.116. The Morgan fingerprint density at radius 1 is 0.946 bits per heavy atom. The molecule has 1 aromatic heterocycles. The molecule has 4 rings (SSSR count). The molecule has 1 N–H and O–H groups in total. The molecule has 8 heteroatoms. The van der Waals surface area contributed by atoms with Gasteiger partial charge in [0.05, 0.1) is 0 Å². The molecule has 0 amide bonds. The van der Waals surface area contributed by atoms with Crippen molar-refractivity contribution in [1.82, 2.24) is 9.97 Å². The Morgan fingerprint density at radius 2 is 1.46 bits per heavy atom. The van der Waals surface area contributed by atoms with Crippen molar-refractivity contribution in [2.24, 2.45) is 5.92 Å². The summed E-state index contributed by atoms with van der Waals surface area (Å²) >= 11 is 0. The molecule has 6 nitrogen and oxygen atoms in total. The molecule has 1 fully saturated rings. The van der Waals surface area contributed by atoms with Crippen LogP contribution in [0.25, 0.3) is 0 Å². The van der Waals surface area contributed by atoms with Crippen LogP contribution in [0.2, 0.25) is 0 Å². The molecular weight excluding hydrogens is 478 g/mol. The Bertz CT molecular complexity index is 1130. The van der Waals surface area contributed by atoms with E-state index in [2.05, 4.69) is 9.97 Å². The predicted molar refractivity (Wildman–Crippen MR) is 134 cm³/mol. The average molecular weight is 511 g/mol. The SMILES string of the molecule is Cc1cc(C)nc(O[C@@H](C(=O)O)C(OCCC2CCCCC2)(c2ccc(F)cc2)c2ccc(F)cc2)n1. The van der Waals surface area contributed by atoms with Gasteiger partial charge in [-0.15, -0.1) is 0 Å². The highest BCUT2D eigenvalue weighted by Crippen LogP contribution is 2.40. The highest BCUT2D eigenvalue weighted by molar-refractivity contribution is 5.76. The first-order valence-corrected chi connectivity index (χ1v) is 12.7. The van der Waals surface area contributed by atoms with E-state index in [9.17, 15) is 18.7 Å². The molecule has 1 aliphatic carbocycles. The van der Waals surface area contributed by atoms with Crippen LogP contribution in [0.3, 0.4) is 0 Å². The maximum Gasteiger partial charge on any atom is 0.348 e. The van der Waals surface area contributed by atoms with Crippen molar-refractivity contribution >= 4 is 5.97 Å². The van der Waals surface area contributed by atoms with Crippen molar-refractivity contribution in [2.75, 3.05) is 6.61 Å². The number of carboxylic acids is 1. The van der Waals surface area contributed by atoms with Crippen molar-refractivity contribution in [1.29, 1.82) is 0 Å². The van der Waals surface area contributed by atoms with Gasteiger partial charge in [0.25, 0.3) is 0 Å². The molecule has 1 heterocycles. The number of halogens is 2. The van der Waals surface area contributed by atoms with E-state index < -0.39 is 29.3 Å². The molecule has 0 unspecified atom stereocenters. The van der Waals surface area contributed by atoms with Gasteiger partial charge in [0.2, 0.25) is 6.10 Å². The second-order valence-corrected chi connectivity index (χ2v) is 9.66. The Morgan fingerprint density at radius 3 is 1.95 bits per heavy atom. The highest BCUT2D eigenvalue weighted by atomic mass is 19.1. The van der Waals surface area contributed by atoms with Gasteiger partial charge in [-0.3, -0.25) is 0 Å². The minimum Gasteiger partial charge on any atom is -0.478 e. The van der Waals surface area contributed by atoms with Crippen molar-refractivity contribution < 1.29 is 28.2 Å². The zero-order valence-corrected chi connectivity index (χ0v) is 21.1. The summed E-state index contributed by atoms with van der Waals surface area (Å²) in [6.45, 7) is 3.75. The van der Waals surface area contributed by atoms with Gasteiger partial charge in [0.1, 0.15) is 11.6 Å². The summed E-state index contributed by atoms with van der Waals surface area (Å²) in [5, 5.41) is 10.5. The molecule has 0 aliphatic heterocycles. The Kier molecular flexibility index (Phi) is 8.48. The molecule has 0 bridgehead atoms. The van der Waals surface area contributed by atoms with Gasteiger partial charge in [0.15, 0.2) is 5.60 Å². The third-order valence-electron chi connectivity index (χ3n) is 6.91.